The SMILES string of the molecule is N#CC=Cc1cccc2[nH]ncc12. The number of nitrogens with zero attached hydrogens (tertiary/aromatic N) is 2. The Bertz CT molecular complexity index is 488. The standard InChI is InChI=1S/C10H7N3/c11-6-2-4-8-3-1-5-10-9(8)7-12-13-10/h1-5,7H,(H,12,13). The summed E-state index contributed by atoms with van der Waals surface area (Å²) in [6.45, 7) is 0. The zero-order valence-electron chi connectivity index (χ0n) is 6.86. The third-order valence-electron chi connectivity index (χ3n) is 1.86. The highest BCUT2D eigenvalue weighted by Gasteiger charge is 1.97. The molecule has 0 aliphatic rings. The van der Waals surface area contributed by atoms with Crippen molar-refractivity contribution in [1.82, 2.24) is 10.2 Å². The van der Waals surface area contributed by atoms with E-state index in [9.17, 15) is 0 Å². The van der Waals surface area contributed by atoms with Gasteiger partial charge in [-0.1, -0.05) is 12.1 Å². The normalized spacial score (nSPS) is 10.7. The maximum absolute atomic E-state index is 8.39. The lowest BCUT2D eigenvalue weighted by Crippen LogP contribution is -1.73. The average molecular weight is 169 g/mol. The Morgan fingerprint density at radius 1 is 1.46 bits per heavy atom. The second-order valence-corrected chi connectivity index (χ2v) is 2.64. The van der Waals surface area contributed by atoms with Crippen molar-refractivity contribution in [1.29, 1.82) is 5.26 Å². The van der Waals surface area contributed by atoms with Crippen molar-refractivity contribution in [2.45, 2.75) is 0 Å². The number of aromatic amines is 1. The summed E-state index contributed by atoms with van der Waals surface area (Å²) in [5.41, 5.74) is 1.99. The van der Waals surface area contributed by atoms with Crippen LogP contribution in [0.25, 0.3) is 17.0 Å². The Labute approximate surface area is 75.3 Å². The van der Waals surface area contributed by atoms with E-state index in [4.69, 9.17) is 5.26 Å². The van der Waals surface area contributed by atoms with Crippen LogP contribution >= 0.6 is 0 Å². The minimum Gasteiger partial charge on any atom is -0.278 e. The summed E-state index contributed by atoms with van der Waals surface area (Å²) in [6.07, 6.45) is 4.99. The van der Waals surface area contributed by atoms with Crippen LogP contribution in [0.2, 0.25) is 0 Å². The molecule has 0 aliphatic heterocycles. The van der Waals surface area contributed by atoms with Crippen LogP contribution in [0.3, 0.4) is 0 Å². The van der Waals surface area contributed by atoms with E-state index < -0.39 is 0 Å². The summed E-state index contributed by atoms with van der Waals surface area (Å²) in [4.78, 5) is 0. The number of benzene rings is 1. The predicted molar refractivity (Wildman–Crippen MR) is 50.7 cm³/mol. The molecule has 62 valence electrons. The van der Waals surface area contributed by atoms with Crippen LogP contribution in [0, 0.1) is 11.3 Å². The van der Waals surface area contributed by atoms with Crippen LogP contribution < -0.4 is 0 Å². The Kier molecular flexibility index (Phi) is 1.81. The van der Waals surface area contributed by atoms with Crippen molar-refractivity contribution in [3.8, 4) is 6.07 Å². The first-order chi connectivity index (χ1) is 6.42. The quantitative estimate of drug-likeness (QED) is 0.664. The van der Waals surface area contributed by atoms with E-state index in [2.05, 4.69) is 10.2 Å². The number of rotatable bonds is 1. The predicted octanol–water partition coefficient (Wildman–Crippen LogP) is 2.10. The second-order valence-electron chi connectivity index (χ2n) is 2.64. The highest BCUT2D eigenvalue weighted by molar-refractivity contribution is 5.87. The molecular weight excluding hydrogens is 162 g/mol. The number of H-pyrrole nitrogens is 1. The fourth-order valence-electron chi connectivity index (χ4n) is 1.26. The monoisotopic (exact) mass is 169 g/mol. The van der Waals surface area contributed by atoms with E-state index in [1.807, 2.05) is 24.3 Å². The van der Waals surface area contributed by atoms with Crippen molar-refractivity contribution < 1.29 is 0 Å². The molecule has 2 aromatic rings. The highest BCUT2D eigenvalue weighted by atomic mass is 15.1. The van der Waals surface area contributed by atoms with E-state index >= 15 is 0 Å². The van der Waals surface area contributed by atoms with Crippen LogP contribution in [-0.4, -0.2) is 10.2 Å². The minimum absolute atomic E-state index is 0.986. The molecule has 0 saturated heterocycles. The van der Waals surface area contributed by atoms with Crippen molar-refractivity contribution in [2.75, 3.05) is 0 Å². The maximum Gasteiger partial charge on any atom is 0.0912 e. The summed E-state index contributed by atoms with van der Waals surface area (Å²) in [5, 5.41) is 16.2. The van der Waals surface area contributed by atoms with Gasteiger partial charge in [0, 0.05) is 11.5 Å². The second kappa shape index (κ2) is 3.11. The molecule has 1 N–H and O–H groups in total. The molecule has 1 aromatic heterocycles. The Morgan fingerprint density at radius 2 is 2.38 bits per heavy atom. The number of hydrogen-bond acceptors (Lipinski definition) is 2. The Hall–Kier alpha value is -2.08. The average Bonchev–Trinajstić information content (AvgIpc) is 2.62. The van der Waals surface area contributed by atoms with Crippen molar-refractivity contribution in [3.63, 3.8) is 0 Å². The van der Waals surface area contributed by atoms with Crippen LogP contribution in [-0.2, 0) is 0 Å². The Balaban J connectivity index is 2.62. The van der Waals surface area contributed by atoms with Crippen LogP contribution in [0.4, 0.5) is 0 Å². The van der Waals surface area contributed by atoms with Gasteiger partial charge in [0.05, 0.1) is 17.8 Å². The van der Waals surface area contributed by atoms with E-state index in [0.29, 0.717) is 0 Å². The molecule has 0 radical (unpaired) electrons. The van der Waals surface area contributed by atoms with Crippen LogP contribution in [0.1, 0.15) is 5.56 Å². The summed E-state index contributed by atoms with van der Waals surface area (Å²) in [5.74, 6) is 0. The molecule has 0 spiro atoms. The first-order valence-corrected chi connectivity index (χ1v) is 3.90. The Morgan fingerprint density at radius 3 is 3.23 bits per heavy atom. The molecule has 0 unspecified atom stereocenters. The smallest absolute Gasteiger partial charge is 0.0912 e. The lowest BCUT2D eigenvalue weighted by Gasteiger charge is -1.93. The number of hydrogen-bond donors (Lipinski definition) is 1. The third-order valence-corrected chi connectivity index (χ3v) is 1.86. The van der Waals surface area contributed by atoms with Gasteiger partial charge < -0.3 is 0 Å². The fraction of sp³-hybridized carbons (Fsp3) is 0. The topological polar surface area (TPSA) is 52.5 Å². The molecular formula is C10H7N3. The lowest BCUT2D eigenvalue weighted by molar-refractivity contribution is 1.12. The zero-order chi connectivity index (χ0) is 9.10. The van der Waals surface area contributed by atoms with E-state index in [1.54, 1.807) is 12.3 Å². The van der Waals surface area contributed by atoms with Gasteiger partial charge in [0.25, 0.3) is 0 Å². The lowest BCUT2D eigenvalue weighted by atomic mass is 10.1. The van der Waals surface area contributed by atoms with E-state index in [0.717, 1.165) is 16.5 Å². The minimum atomic E-state index is 0.986. The van der Waals surface area contributed by atoms with Crippen molar-refractivity contribution in [3.05, 3.63) is 36.0 Å². The summed E-state index contributed by atoms with van der Waals surface area (Å²) in [7, 11) is 0. The van der Waals surface area contributed by atoms with Crippen LogP contribution in [0.5, 0.6) is 0 Å². The summed E-state index contributed by atoms with van der Waals surface area (Å²) < 4.78 is 0. The van der Waals surface area contributed by atoms with Gasteiger partial charge in [-0.25, -0.2) is 0 Å². The molecule has 0 aliphatic carbocycles. The third kappa shape index (κ3) is 1.30. The van der Waals surface area contributed by atoms with E-state index in [-0.39, 0.29) is 0 Å². The number of nitrogens with one attached hydrogen (secondary N) is 1. The summed E-state index contributed by atoms with van der Waals surface area (Å²) >= 11 is 0. The first kappa shape index (κ1) is 7.56. The van der Waals surface area contributed by atoms with Crippen molar-refractivity contribution >= 4 is 17.0 Å². The van der Waals surface area contributed by atoms with Gasteiger partial charge in [0.1, 0.15) is 0 Å². The molecule has 0 fully saturated rings. The van der Waals surface area contributed by atoms with Gasteiger partial charge in [-0.2, -0.15) is 10.4 Å². The molecule has 0 atom stereocenters. The van der Waals surface area contributed by atoms with Crippen molar-refractivity contribution in [2.24, 2.45) is 0 Å². The van der Waals surface area contributed by atoms with E-state index in [1.165, 1.54) is 6.08 Å². The molecule has 3 heteroatoms. The van der Waals surface area contributed by atoms with Gasteiger partial charge in [0.15, 0.2) is 0 Å². The van der Waals surface area contributed by atoms with Gasteiger partial charge in [-0.15, -0.1) is 0 Å². The highest BCUT2D eigenvalue weighted by Crippen LogP contribution is 2.16. The molecule has 0 amide bonds. The fourth-order valence-corrected chi connectivity index (χ4v) is 1.26. The molecule has 0 saturated carbocycles. The number of aromatic nitrogens is 2. The molecule has 1 heterocycles. The molecule has 1 aromatic carbocycles. The van der Waals surface area contributed by atoms with Gasteiger partial charge >= 0.3 is 0 Å². The largest absolute Gasteiger partial charge is 0.278 e. The molecule has 2 rings (SSSR count). The number of fused-ring (bicyclic) bond motifs is 1. The zero-order valence-corrected chi connectivity index (χ0v) is 6.86. The first-order valence-electron chi connectivity index (χ1n) is 3.90. The van der Waals surface area contributed by atoms with Gasteiger partial charge in [-0.3, -0.25) is 5.10 Å². The maximum atomic E-state index is 8.39. The molecule has 13 heavy (non-hydrogen) atoms. The van der Waals surface area contributed by atoms with Gasteiger partial charge in [0.2, 0.25) is 0 Å². The van der Waals surface area contributed by atoms with Crippen LogP contribution in [0.15, 0.2) is 30.5 Å². The van der Waals surface area contributed by atoms with Gasteiger partial charge in [-0.05, 0) is 17.7 Å². The number of nitriles is 1. The molecule has 3 nitrogen and oxygen atoms in total. The number of allylic oxidation sites excluding steroid dienone is 1. The summed E-state index contributed by atoms with van der Waals surface area (Å²) in [6, 6.07) is 7.79. The molecule has 0 bridgehead atoms.